The minimum Gasteiger partial charge on any atom is -0.306 e. The summed E-state index contributed by atoms with van der Waals surface area (Å²) in [6.07, 6.45) is 5.55. The highest BCUT2D eigenvalue weighted by Gasteiger charge is 2.28. The molecule has 3 rings (SSSR count). The normalized spacial score (nSPS) is 24.6. The molecule has 2 aromatic rings. The largest absolute Gasteiger partial charge is 0.306 e. The number of nitrogens with one attached hydrogen (secondary N) is 1. The molecule has 1 aliphatic carbocycles. The molecule has 0 amide bonds. The number of benzene rings is 1. The summed E-state index contributed by atoms with van der Waals surface area (Å²) in [6, 6.07) is 12.2. The Labute approximate surface area is 132 Å². The lowest BCUT2D eigenvalue weighted by molar-refractivity contribution is 0.195. The molecule has 0 spiro atoms. The first-order valence-electron chi connectivity index (χ1n) is 8.39. The number of rotatable bonds is 4. The van der Waals surface area contributed by atoms with E-state index in [4.69, 9.17) is 0 Å². The molecule has 0 radical (unpaired) electrons. The quantitative estimate of drug-likeness (QED) is 0.756. The molecule has 1 aromatic carbocycles. The highest BCUT2D eigenvalue weighted by Crippen LogP contribution is 2.34. The Morgan fingerprint density at radius 2 is 1.86 bits per heavy atom. The molecule has 1 aliphatic rings. The van der Waals surface area contributed by atoms with Crippen LogP contribution in [0.15, 0.2) is 30.3 Å². The Balaban J connectivity index is 1.73. The van der Waals surface area contributed by atoms with Crippen LogP contribution in [0.25, 0.3) is 10.1 Å². The van der Waals surface area contributed by atoms with Crippen molar-refractivity contribution in [3.63, 3.8) is 0 Å². The smallest absolute Gasteiger partial charge is 0.0388 e. The third-order valence-corrected chi connectivity index (χ3v) is 6.31. The topological polar surface area (TPSA) is 12.0 Å². The second-order valence-corrected chi connectivity index (χ2v) is 7.99. The first-order valence-corrected chi connectivity index (χ1v) is 9.21. The minimum absolute atomic E-state index is 0.465. The number of hydrogen-bond acceptors (Lipinski definition) is 2. The van der Waals surface area contributed by atoms with Crippen LogP contribution < -0.4 is 5.32 Å². The lowest BCUT2D eigenvalue weighted by atomic mass is 9.77. The SMILES string of the molecule is CC(NC1CCCCC1C(C)C)c1cc2ccccc2s1. The van der Waals surface area contributed by atoms with Crippen molar-refractivity contribution in [3.05, 3.63) is 35.2 Å². The van der Waals surface area contributed by atoms with Gasteiger partial charge >= 0.3 is 0 Å². The first kappa shape index (κ1) is 15.1. The van der Waals surface area contributed by atoms with Gasteiger partial charge in [0.05, 0.1) is 0 Å². The fraction of sp³-hybridized carbons (Fsp3) is 0.579. The van der Waals surface area contributed by atoms with Crippen LogP contribution in [0.5, 0.6) is 0 Å². The molecule has 1 fully saturated rings. The van der Waals surface area contributed by atoms with Crippen LogP contribution in [-0.4, -0.2) is 6.04 Å². The van der Waals surface area contributed by atoms with E-state index in [1.807, 2.05) is 11.3 Å². The molecule has 3 atom stereocenters. The standard InChI is InChI=1S/C19H27NS/c1-13(2)16-9-5-6-10-17(16)20-14(3)19-12-15-8-4-7-11-18(15)21-19/h4,7-8,11-14,16-17,20H,5-6,9-10H2,1-3H3. The van der Waals surface area contributed by atoms with Crippen molar-refractivity contribution in [2.24, 2.45) is 11.8 Å². The number of thiophene rings is 1. The average molecular weight is 301 g/mol. The first-order chi connectivity index (χ1) is 10.1. The Hall–Kier alpha value is -0.860. The van der Waals surface area contributed by atoms with Crippen LogP contribution in [0, 0.1) is 11.8 Å². The van der Waals surface area contributed by atoms with Crippen LogP contribution >= 0.6 is 11.3 Å². The van der Waals surface area contributed by atoms with Crippen LogP contribution in [-0.2, 0) is 0 Å². The molecule has 1 aromatic heterocycles. The lowest BCUT2D eigenvalue weighted by Crippen LogP contribution is -2.41. The summed E-state index contributed by atoms with van der Waals surface area (Å²) in [5.41, 5.74) is 0. The average Bonchev–Trinajstić information content (AvgIpc) is 2.91. The summed E-state index contributed by atoms with van der Waals surface area (Å²) in [5, 5.41) is 5.32. The fourth-order valence-corrected chi connectivity index (χ4v) is 4.86. The van der Waals surface area contributed by atoms with E-state index in [1.165, 1.54) is 40.6 Å². The molecule has 114 valence electrons. The van der Waals surface area contributed by atoms with Crippen LogP contribution in [0.3, 0.4) is 0 Å². The molecule has 1 saturated carbocycles. The predicted octanol–water partition coefficient (Wildman–Crippen LogP) is 5.77. The number of fused-ring (bicyclic) bond motifs is 1. The van der Waals surface area contributed by atoms with Gasteiger partial charge in [-0.25, -0.2) is 0 Å². The molecule has 0 saturated heterocycles. The zero-order chi connectivity index (χ0) is 14.8. The zero-order valence-corrected chi connectivity index (χ0v) is 14.2. The van der Waals surface area contributed by atoms with Crippen LogP contribution in [0.4, 0.5) is 0 Å². The maximum Gasteiger partial charge on any atom is 0.0388 e. The Bertz CT molecular complexity index is 553. The van der Waals surface area contributed by atoms with E-state index >= 15 is 0 Å². The second-order valence-electron chi connectivity index (χ2n) is 6.87. The van der Waals surface area contributed by atoms with Gasteiger partial charge in [0.2, 0.25) is 0 Å². The lowest BCUT2D eigenvalue weighted by Gasteiger charge is -2.36. The van der Waals surface area contributed by atoms with Gasteiger partial charge in [0.15, 0.2) is 0 Å². The van der Waals surface area contributed by atoms with E-state index in [1.54, 1.807) is 0 Å². The van der Waals surface area contributed by atoms with Crippen molar-refractivity contribution in [2.75, 3.05) is 0 Å². The maximum atomic E-state index is 3.94. The van der Waals surface area contributed by atoms with Gasteiger partial charge in [0, 0.05) is 21.7 Å². The summed E-state index contributed by atoms with van der Waals surface area (Å²) in [7, 11) is 0. The van der Waals surface area contributed by atoms with E-state index in [0.29, 0.717) is 12.1 Å². The van der Waals surface area contributed by atoms with Gasteiger partial charge < -0.3 is 5.32 Å². The van der Waals surface area contributed by atoms with E-state index in [9.17, 15) is 0 Å². The second kappa shape index (κ2) is 6.50. The van der Waals surface area contributed by atoms with Crippen molar-refractivity contribution in [2.45, 2.75) is 58.5 Å². The minimum atomic E-state index is 0.465. The van der Waals surface area contributed by atoms with E-state index < -0.39 is 0 Å². The summed E-state index contributed by atoms with van der Waals surface area (Å²) in [6.45, 7) is 7.10. The molecular weight excluding hydrogens is 274 g/mol. The van der Waals surface area contributed by atoms with Crippen molar-refractivity contribution in [3.8, 4) is 0 Å². The van der Waals surface area contributed by atoms with Gasteiger partial charge in [0.25, 0.3) is 0 Å². The van der Waals surface area contributed by atoms with Gasteiger partial charge in [-0.1, -0.05) is 44.9 Å². The summed E-state index contributed by atoms with van der Waals surface area (Å²) < 4.78 is 1.41. The van der Waals surface area contributed by atoms with Crippen molar-refractivity contribution in [1.82, 2.24) is 5.32 Å². The predicted molar refractivity (Wildman–Crippen MR) is 94.0 cm³/mol. The maximum absolute atomic E-state index is 3.94. The molecule has 21 heavy (non-hydrogen) atoms. The van der Waals surface area contributed by atoms with Crippen LogP contribution in [0.1, 0.15) is 57.4 Å². The Morgan fingerprint density at radius 1 is 1.10 bits per heavy atom. The monoisotopic (exact) mass is 301 g/mol. The molecular formula is C19H27NS. The van der Waals surface area contributed by atoms with Crippen LogP contribution in [0.2, 0.25) is 0 Å². The van der Waals surface area contributed by atoms with E-state index in [0.717, 1.165) is 11.8 Å². The third-order valence-electron chi connectivity index (χ3n) is 5.01. The summed E-state index contributed by atoms with van der Waals surface area (Å²) >= 11 is 1.94. The zero-order valence-electron chi connectivity index (χ0n) is 13.4. The van der Waals surface area contributed by atoms with Crippen molar-refractivity contribution < 1.29 is 0 Å². The highest BCUT2D eigenvalue weighted by atomic mass is 32.1. The molecule has 1 heterocycles. The Morgan fingerprint density at radius 3 is 2.62 bits per heavy atom. The summed E-state index contributed by atoms with van der Waals surface area (Å²) in [5.74, 6) is 1.63. The fourth-order valence-electron chi connectivity index (χ4n) is 3.78. The number of hydrogen-bond donors (Lipinski definition) is 1. The van der Waals surface area contributed by atoms with Crippen molar-refractivity contribution in [1.29, 1.82) is 0 Å². The Kier molecular flexibility index (Phi) is 4.66. The van der Waals surface area contributed by atoms with Gasteiger partial charge in [0.1, 0.15) is 0 Å². The van der Waals surface area contributed by atoms with Crippen molar-refractivity contribution >= 4 is 21.4 Å². The van der Waals surface area contributed by atoms with Gasteiger partial charge in [-0.3, -0.25) is 0 Å². The molecule has 1 N–H and O–H groups in total. The molecule has 0 bridgehead atoms. The molecule has 0 aliphatic heterocycles. The van der Waals surface area contributed by atoms with Gasteiger partial charge in [-0.05, 0) is 49.1 Å². The van der Waals surface area contributed by atoms with Gasteiger partial charge in [-0.2, -0.15) is 0 Å². The van der Waals surface area contributed by atoms with Gasteiger partial charge in [-0.15, -0.1) is 11.3 Å². The summed E-state index contributed by atoms with van der Waals surface area (Å²) in [4.78, 5) is 1.48. The van der Waals surface area contributed by atoms with E-state index in [2.05, 4.69) is 56.4 Å². The highest BCUT2D eigenvalue weighted by molar-refractivity contribution is 7.19. The molecule has 3 unspecified atom stereocenters. The third kappa shape index (κ3) is 3.32. The van der Waals surface area contributed by atoms with E-state index in [-0.39, 0.29) is 0 Å². The molecule has 2 heteroatoms. The molecule has 1 nitrogen and oxygen atoms in total.